The van der Waals surface area contributed by atoms with Crippen molar-refractivity contribution in [1.29, 1.82) is 0 Å². The average molecular weight is 198 g/mol. The summed E-state index contributed by atoms with van der Waals surface area (Å²) in [5, 5.41) is 3.55. The van der Waals surface area contributed by atoms with Gasteiger partial charge in [0.2, 0.25) is 0 Å². The van der Waals surface area contributed by atoms with Crippen molar-refractivity contribution in [2.75, 3.05) is 26.2 Å². The van der Waals surface area contributed by atoms with Crippen LogP contribution < -0.4 is 5.32 Å². The van der Waals surface area contributed by atoms with Crippen LogP contribution in [-0.2, 0) is 0 Å². The molecule has 1 saturated heterocycles. The zero-order chi connectivity index (χ0) is 10.6. The van der Waals surface area contributed by atoms with Gasteiger partial charge < -0.3 is 5.32 Å². The lowest BCUT2D eigenvalue weighted by Gasteiger charge is -2.32. The fraction of sp³-hybridized carbons (Fsp3) is 1.00. The molecule has 84 valence electrons. The van der Waals surface area contributed by atoms with Gasteiger partial charge in [-0.05, 0) is 25.3 Å². The van der Waals surface area contributed by atoms with Gasteiger partial charge in [-0.25, -0.2) is 0 Å². The molecule has 0 amide bonds. The second-order valence-corrected chi connectivity index (χ2v) is 5.47. The van der Waals surface area contributed by atoms with E-state index < -0.39 is 0 Å². The van der Waals surface area contributed by atoms with E-state index in [-0.39, 0.29) is 0 Å². The summed E-state index contributed by atoms with van der Waals surface area (Å²) in [7, 11) is 0. The third kappa shape index (κ3) is 3.58. The van der Waals surface area contributed by atoms with Crippen molar-refractivity contribution in [3.05, 3.63) is 0 Å². The van der Waals surface area contributed by atoms with E-state index in [0.29, 0.717) is 11.5 Å². The van der Waals surface area contributed by atoms with E-state index in [1.54, 1.807) is 0 Å². The molecule has 0 saturated carbocycles. The van der Waals surface area contributed by atoms with Crippen molar-refractivity contribution in [1.82, 2.24) is 10.2 Å². The third-order valence-electron chi connectivity index (χ3n) is 3.10. The highest BCUT2D eigenvalue weighted by Gasteiger charge is 2.27. The van der Waals surface area contributed by atoms with Gasteiger partial charge in [-0.1, -0.05) is 27.2 Å². The Labute approximate surface area is 89.1 Å². The van der Waals surface area contributed by atoms with Crippen molar-refractivity contribution in [2.24, 2.45) is 5.41 Å². The number of hydrogen-bond acceptors (Lipinski definition) is 2. The molecule has 1 fully saturated rings. The maximum absolute atomic E-state index is 3.55. The summed E-state index contributed by atoms with van der Waals surface area (Å²) in [6.45, 7) is 14.1. The van der Waals surface area contributed by atoms with Crippen molar-refractivity contribution in [3.63, 3.8) is 0 Å². The smallest absolute Gasteiger partial charge is 0.0192 e. The van der Waals surface area contributed by atoms with Crippen LogP contribution in [-0.4, -0.2) is 37.1 Å². The molecular weight excluding hydrogens is 172 g/mol. The van der Waals surface area contributed by atoms with Crippen molar-refractivity contribution >= 4 is 0 Å². The lowest BCUT2D eigenvalue weighted by atomic mass is 9.93. The van der Waals surface area contributed by atoms with E-state index in [1.165, 1.54) is 25.9 Å². The van der Waals surface area contributed by atoms with Crippen molar-refractivity contribution in [3.8, 4) is 0 Å². The molecule has 1 N–H and O–H groups in total. The molecule has 0 aromatic rings. The van der Waals surface area contributed by atoms with Gasteiger partial charge in [-0.3, -0.25) is 4.90 Å². The number of rotatable bonds is 3. The Morgan fingerprint density at radius 1 is 1.43 bits per heavy atom. The molecule has 1 atom stereocenters. The predicted molar refractivity (Wildman–Crippen MR) is 62.6 cm³/mol. The molecular formula is C12H26N2. The molecule has 1 rings (SSSR count). The Hall–Kier alpha value is -0.0800. The summed E-state index contributed by atoms with van der Waals surface area (Å²) in [6, 6.07) is 0.698. The van der Waals surface area contributed by atoms with Crippen LogP contribution in [0.1, 0.15) is 40.5 Å². The fourth-order valence-electron chi connectivity index (χ4n) is 2.17. The van der Waals surface area contributed by atoms with Crippen molar-refractivity contribution < 1.29 is 0 Å². The third-order valence-corrected chi connectivity index (χ3v) is 3.10. The Kier molecular flexibility index (Phi) is 4.39. The van der Waals surface area contributed by atoms with E-state index in [9.17, 15) is 0 Å². The van der Waals surface area contributed by atoms with Crippen LogP contribution in [0.5, 0.6) is 0 Å². The second kappa shape index (κ2) is 5.13. The lowest BCUT2D eigenvalue weighted by Crippen LogP contribution is -2.40. The summed E-state index contributed by atoms with van der Waals surface area (Å²) in [6.07, 6.45) is 2.64. The minimum absolute atomic E-state index is 0.429. The molecule has 1 unspecified atom stereocenters. The summed E-state index contributed by atoms with van der Waals surface area (Å²) < 4.78 is 0. The zero-order valence-corrected chi connectivity index (χ0v) is 10.3. The van der Waals surface area contributed by atoms with Crippen LogP contribution in [0, 0.1) is 5.41 Å². The molecule has 0 radical (unpaired) electrons. The van der Waals surface area contributed by atoms with E-state index in [4.69, 9.17) is 0 Å². The molecule has 0 bridgehead atoms. The molecule has 0 spiro atoms. The first-order valence-electron chi connectivity index (χ1n) is 6.00. The van der Waals surface area contributed by atoms with E-state index in [0.717, 1.165) is 13.1 Å². The van der Waals surface area contributed by atoms with Crippen LogP contribution in [0.2, 0.25) is 0 Å². The molecule has 0 aromatic heterocycles. The number of nitrogens with zero attached hydrogens (tertiary/aromatic N) is 1. The number of nitrogens with one attached hydrogen (secondary N) is 1. The van der Waals surface area contributed by atoms with Crippen LogP contribution in [0.3, 0.4) is 0 Å². The monoisotopic (exact) mass is 198 g/mol. The highest BCUT2D eigenvalue weighted by atomic mass is 15.2. The largest absolute Gasteiger partial charge is 0.315 e. The second-order valence-electron chi connectivity index (χ2n) is 5.47. The van der Waals surface area contributed by atoms with E-state index in [1.807, 2.05) is 0 Å². The first-order valence-corrected chi connectivity index (χ1v) is 6.00. The van der Waals surface area contributed by atoms with Gasteiger partial charge in [0.05, 0.1) is 0 Å². The maximum atomic E-state index is 3.55. The van der Waals surface area contributed by atoms with Gasteiger partial charge in [0.1, 0.15) is 0 Å². The predicted octanol–water partition coefficient (Wildman–Crippen LogP) is 2.11. The Morgan fingerprint density at radius 2 is 2.14 bits per heavy atom. The Morgan fingerprint density at radius 3 is 2.79 bits per heavy atom. The first kappa shape index (κ1) is 12.0. The van der Waals surface area contributed by atoms with Gasteiger partial charge in [0.25, 0.3) is 0 Å². The molecule has 1 aliphatic rings. The summed E-state index contributed by atoms with van der Waals surface area (Å²) in [4.78, 5) is 2.64. The number of hydrogen-bond donors (Lipinski definition) is 1. The van der Waals surface area contributed by atoms with Crippen LogP contribution in [0.4, 0.5) is 0 Å². The highest BCUT2D eigenvalue weighted by molar-refractivity contribution is 4.84. The van der Waals surface area contributed by atoms with Crippen LogP contribution in [0.25, 0.3) is 0 Å². The molecule has 0 aromatic carbocycles. The molecule has 1 heterocycles. The van der Waals surface area contributed by atoms with Gasteiger partial charge in [0.15, 0.2) is 0 Å². The summed E-state index contributed by atoms with van der Waals surface area (Å²) in [5.41, 5.74) is 0.429. The minimum atomic E-state index is 0.429. The fourth-order valence-corrected chi connectivity index (χ4v) is 2.17. The highest BCUT2D eigenvalue weighted by Crippen LogP contribution is 2.20. The maximum Gasteiger partial charge on any atom is 0.0192 e. The van der Waals surface area contributed by atoms with Crippen LogP contribution >= 0.6 is 0 Å². The molecule has 2 nitrogen and oxygen atoms in total. The van der Waals surface area contributed by atoms with E-state index >= 15 is 0 Å². The Bertz CT molecular complexity index is 166. The number of unbranched alkanes of at least 4 members (excludes halogenated alkanes) is 1. The van der Waals surface area contributed by atoms with Gasteiger partial charge in [-0.2, -0.15) is 0 Å². The SMILES string of the molecule is CCCCN1CC(C)(C)CNCC1C. The summed E-state index contributed by atoms with van der Waals surface area (Å²) >= 11 is 0. The van der Waals surface area contributed by atoms with Crippen LogP contribution in [0.15, 0.2) is 0 Å². The topological polar surface area (TPSA) is 15.3 Å². The lowest BCUT2D eigenvalue weighted by molar-refractivity contribution is 0.163. The first-order chi connectivity index (χ1) is 6.55. The zero-order valence-electron chi connectivity index (χ0n) is 10.3. The Balaban J connectivity index is 2.50. The van der Waals surface area contributed by atoms with Gasteiger partial charge in [0, 0.05) is 25.7 Å². The molecule has 2 heteroatoms. The van der Waals surface area contributed by atoms with Gasteiger partial charge in [-0.15, -0.1) is 0 Å². The van der Waals surface area contributed by atoms with Gasteiger partial charge >= 0.3 is 0 Å². The van der Waals surface area contributed by atoms with Crippen molar-refractivity contribution in [2.45, 2.75) is 46.6 Å². The average Bonchev–Trinajstić information content (AvgIpc) is 2.22. The quantitative estimate of drug-likeness (QED) is 0.747. The summed E-state index contributed by atoms with van der Waals surface area (Å²) in [5.74, 6) is 0. The molecule has 14 heavy (non-hydrogen) atoms. The standard InChI is InChI=1S/C12H26N2/c1-5-6-7-14-10-12(3,4)9-13-8-11(14)2/h11,13H,5-10H2,1-4H3. The normalized spacial score (nSPS) is 28.7. The minimum Gasteiger partial charge on any atom is -0.315 e. The molecule has 1 aliphatic heterocycles. The van der Waals surface area contributed by atoms with E-state index in [2.05, 4.69) is 37.9 Å². The molecule has 0 aliphatic carbocycles.